The number of alkyl halides is 3. The lowest BCUT2D eigenvalue weighted by atomic mass is 9.83. The van der Waals surface area contributed by atoms with Gasteiger partial charge in [-0.05, 0) is 49.1 Å². The Bertz CT molecular complexity index is 1110. The molecule has 0 aliphatic carbocycles. The van der Waals surface area contributed by atoms with Crippen molar-refractivity contribution in [2.45, 2.75) is 55.3 Å². The summed E-state index contributed by atoms with van der Waals surface area (Å²) in [5.41, 5.74) is -0.142. The van der Waals surface area contributed by atoms with Gasteiger partial charge < -0.3 is 10.1 Å². The quantitative estimate of drug-likeness (QED) is 0.254. The van der Waals surface area contributed by atoms with E-state index in [4.69, 9.17) is 27.9 Å². The second-order valence-electron chi connectivity index (χ2n) is 9.44. The van der Waals surface area contributed by atoms with Crippen LogP contribution in [0.4, 0.5) is 13.2 Å². The van der Waals surface area contributed by atoms with Crippen molar-refractivity contribution in [3.63, 3.8) is 0 Å². The minimum Gasteiger partial charge on any atom is -0.381 e. The lowest BCUT2D eigenvalue weighted by Crippen LogP contribution is -2.41. The van der Waals surface area contributed by atoms with Crippen molar-refractivity contribution in [1.82, 2.24) is 5.32 Å². The van der Waals surface area contributed by atoms with E-state index in [1.807, 2.05) is 23.9 Å². The molecule has 0 spiro atoms. The summed E-state index contributed by atoms with van der Waals surface area (Å²) >= 11 is 13.7. The van der Waals surface area contributed by atoms with Crippen LogP contribution in [0.15, 0.2) is 42.5 Å². The third-order valence-electron chi connectivity index (χ3n) is 6.98. The first-order valence-corrected chi connectivity index (χ1v) is 14.0. The summed E-state index contributed by atoms with van der Waals surface area (Å²) in [4.78, 5) is 25.9. The van der Waals surface area contributed by atoms with E-state index in [9.17, 15) is 22.8 Å². The molecule has 37 heavy (non-hydrogen) atoms. The first kappa shape index (κ1) is 28.3. The van der Waals surface area contributed by atoms with Crippen molar-refractivity contribution in [1.29, 1.82) is 0 Å². The molecule has 2 aliphatic heterocycles. The zero-order valence-corrected chi connectivity index (χ0v) is 22.4. The predicted octanol–water partition coefficient (Wildman–Crippen LogP) is 7.21. The van der Waals surface area contributed by atoms with E-state index in [1.54, 1.807) is 12.1 Å². The number of ether oxygens (including phenoxy) is 1. The Labute approximate surface area is 228 Å². The Morgan fingerprint density at radius 3 is 2.57 bits per heavy atom. The Kier molecular flexibility index (Phi) is 9.48. The highest BCUT2D eigenvalue weighted by atomic mass is 35.5. The summed E-state index contributed by atoms with van der Waals surface area (Å²) in [6, 6.07) is 10.7. The van der Waals surface area contributed by atoms with Gasteiger partial charge in [0, 0.05) is 46.6 Å². The van der Waals surface area contributed by atoms with Gasteiger partial charge in [-0.1, -0.05) is 47.8 Å². The third kappa shape index (κ3) is 7.02. The van der Waals surface area contributed by atoms with Crippen molar-refractivity contribution in [3.05, 3.63) is 69.2 Å². The zero-order chi connectivity index (χ0) is 26.6. The molecule has 2 saturated heterocycles. The second kappa shape index (κ2) is 12.4. The van der Waals surface area contributed by atoms with E-state index in [0.717, 1.165) is 24.5 Å². The summed E-state index contributed by atoms with van der Waals surface area (Å²) in [7, 11) is 0. The Balaban J connectivity index is 1.33. The average molecular weight is 574 g/mol. The van der Waals surface area contributed by atoms with Crippen molar-refractivity contribution in [2.75, 3.05) is 13.2 Å². The number of rotatable bonds is 9. The summed E-state index contributed by atoms with van der Waals surface area (Å²) in [6.07, 6.45) is -1.69. The number of thioether (sulfide) groups is 1. The monoisotopic (exact) mass is 573 g/mol. The molecule has 4 rings (SSSR count). The number of fused-ring (bicyclic) bond motifs is 1. The molecule has 0 bridgehead atoms. The molecule has 200 valence electrons. The van der Waals surface area contributed by atoms with Crippen molar-refractivity contribution < 1.29 is 27.5 Å². The van der Waals surface area contributed by atoms with Crippen molar-refractivity contribution in [2.24, 2.45) is 11.8 Å². The fourth-order valence-electron chi connectivity index (χ4n) is 5.08. The molecule has 2 aromatic carbocycles. The van der Waals surface area contributed by atoms with Crippen LogP contribution in [-0.4, -0.2) is 35.4 Å². The van der Waals surface area contributed by atoms with Crippen LogP contribution in [0.25, 0.3) is 0 Å². The van der Waals surface area contributed by atoms with E-state index in [1.165, 1.54) is 12.1 Å². The van der Waals surface area contributed by atoms with Gasteiger partial charge in [0.05, 0.1) is 23.1 Å². The molecule has 2 aromatic rings. The van der Waals surface area contributed by atoms with Gasteiger partial charge in [0.2, 0.25) is 5.91 Å². The largest absolute Gasteiger partial charge is 0.417 e. The molecule has 4 atom stereocenters. The molecular formula is C27H28Cl2F3NO3S. The molecule has 1 N–H and O–H groups in total. The highest BCUT2D eigenvalue weighted by Gasteiger charge is 2.48. The zero-order valence-electron chi connectivity index (χ0n) is 20.0. The number of nitrogens with one attached hydrogen (secondary N) is 1. The molecule has 0 radical (unpaired) electrons. The molecule has 0 saturated carbocycles. The summed E-state index contributed by atoms with van der Waals surface area (Å²) in [6.45, 7) is 1.65. The Morgan fingerprint density at radius 2 is 1.84 bits per heavy atom. The van der Waals surface area contributed by atoms with Gasteiger partial charge in [0.25, 0.3) is 0 Å². The lowest BCUT2D eigenvalue weighted by molar-refractivity contribution is -0.137. The number of hydrogen-bond acceptors (Lipinski definition) is 4. The minimum absolute atomic E-state index is 0.00252. The van der Waals surface area contributed by atoms with Gasteiger partial charge in [-0.25, -0.2) is 0 Å². The smallest absolute Gasteiger partial charge is 0.381 e. The minimum atomic E-state index is -4.61. The van der Waals surface area contributed by atoms with Crippen LogP contribution >= 0.6 is 35.0 Å². The molecule has 2 aliphatic rings. The summed E-state index contributed by atoms with van der Waals surface area (Å²) < 4.78 is 45.1. The normalized spacial score (nSPS) is 23.5. The maximum absolute atomic E-state index is 13.3. The van der Waals surface area contributed by atoms with Gasteiger partial charge in [-0.3, -0.25) is 9.59 Å². The van der Waals surface area contributed by atoms with Crippen molar-refractivity contribution >= 4 is 46.7 Å². The summed E-state index contributed by atoms with van der Waals surface area (Å²) in [5, 5.41) is 3.60. The second-order valence-corrected chi connectivity index (χ2v) is 11.7. The van der Waals surface area contributed by atoms with E-state index < -0.39 is 22.5 Å². The number of Topliss-reactive ketones (excluding diaryl/α,β-unsaturated/α-hetero) is 1. The lowest BCUT2D eigenvalue weighted by Gasteiger charge is -2.28. The number of hydrogen-bond donors (Lipinski definition) is 1. The van der Waals surface area contributed by atoms with Crippen LogP contribution in [0.5, 0.6) is 0 Å². The van der Waals surface area contributed by atoms with Gasteiger partial charge in [-0.2, -0.15) is 24.9 Å². The average Bonchev–Trinajstić information content (AvgIpc) is 3.24. The Hall–Kier alpha value is -1.74. The maximum Gasteiger partial charge on any atom is 0.417 e. The van der Waals surface area contributed by atoms with Gasteiger partial charge in [-0.15, -0.1) is 0 Å². The van der Waals surface area contributed by atoms with Crippen LogP contribution in [-0.2, 0) is 22.3 Å². The standard InChI is InChI=1S/C27H28Cl2F3NO3S/c28-17-10-8-16(9-11-17)14-33-26(35)24-19-15-36-13-12-22(19)37-23(24)7-2-1-6-21(34)18-4-3-5-20(25(18)29)27(30,31)32/h3-5,8-11,19,22-24H,1-2,6-7,12-15H2,(H,33,35). The highest BCUT2D eigenvalue weighted by molar-refractivity contribution is 8.00. The van der Waals surface area contributed by atoms with Crippen LogP contribution < -0.4 is 5.32 Å². The van der Waals surface area contributed by atoms with Crippen molar-refractivity contribution in [3.8, 4) is 0 Å². The van der Waals surface area contributed by atoms with Gasteiger partial charge >= 0.3 is 6.18 Å². The fourth-order valence-corrected chi connectivity index (χ4v) is 7.47. The summed E-state index contributed by atoms with van der Waals surface area (Å²) in [5.74, 6) is -0.470. The van der Waals surface area contributed by atoms with Crippen LogP contribution in [0.1, 0.15) is 53.6 Å². The molecule has 2 heterocycles. The number of halogens is 5. The number of benzene rings is 2. The first-order valence-electron chi connectivity index (χ1n) is 12.3. The number of ketones is 1. The van der Waals surface area contributed by atoms with Crippen LogP contribution in [0.2, 0.25) is 10.0 Å². The fraction of sp³-hybridized carbons (Fsp3) is 0.481. The van der Waals surface area contributed by atoms with Gasteiger partial charge in [0.15, 0.2) is 5.78 Å². The number of unbranched alkanes of at least 4 members (excludes halogenated alkanes) is 1. The SMILES string of the molecule is O=C(CCCCC1SC2CCOCC2C1C(=O)NCc1ccc(Cl)cc1)c1cccc(C(F)(F)F)c1Cl. The van der Waals surface area contributed by atoms with E-state index in [2.05, 4.69) is 5.32 Å². The first-order chi connectivity index (χ1) is 17.6. The van der Waals surface area contributed by atoms with E-state index >= 15 is 0 Å². The number of carbonyl (C=O) groups excluding carboxylic acids is 2. The molecule has 2 fully saturated rings. The number of carbonyl (C=O) groups is 2. The highest BCUT2D eigenvalue weighted by Crippen LogP contribution is 2.48. The van der Waals surface area contributed by atoms with E-state index in [-0.39, 0.29) is 35.0 Å². The van der Waals surface area contributed by atoms with Crippen LogP contribution in [0.3, 0.4) is 0 Å². The molecule has 4 nitrogen and oxygen atoms in total. The predicted molar refractivity (Wildman–Crippen MR) is 140 cm³/mol. The molecule has 4 unspecified atom stereocenters. The molecular weight excluding hydrogens is 546 g/mol. The van der Waals surface area contributed by atoms with E-state index in [0.29, 0.717) is 42.9 Å². The molecule has 1 amide bonds. The topological polar surface area (TPSA) is 55.4 Å². The third-order valence-corrected chi connectivity index (χ3v) is 9.45. The van der Waals surface area contributed by atoms with Gasteiger partial charge in [0.1, 0.15) is 0 Å². The van der Waals surface area contributed by atoms with Crippen LogP contribution in [0, 0.1) is 11.8 Å². The molecule has 0 aromatic heterocycles. The maximum atomic E-state index is 13.3. The Morgan fingerprint density at radius 1 is 1.08 bits per heavy atom. The number of amides is 1. The molecule has 10 heteroatoms.